The molecule has 2 aromatic carbocycles. The second kappa shape index (κ2) is 10.9. The first-order valence-corrected chi connectivity index (χ1v) is 8.60. The Hall–Kier alpha value is -2.92. The van der Waals surface area contributed by atoms with Crippen LogP contribution in [0, 0.1) is 0 Å². The second-order valence-corrected chi connectivity index (χ2v) is 5.68. The smallest absolute Gasteiger partial charge is 0.192 e. The predicted molar refractivity (Wildman–Crippen MR) is 106 cm³/mol. The molecule has 144 valence electrons. The van der Waals surface area contributed by atoms with E-state index >= 15 is 0 Å². The lowest BCUT2D eigenvalue weighted by Gasteiger charge is -2.14. The second-order valence-electron chi connectivity index (χ2n) is 5.68. The van der Waals surface area contributed by atoms with Crippen molar-refractivity contribution in [3.05, 3.63) is 72.8 Å². The largest absolute Gasteiger partial charge is 0.493 e. The fourth-order valence-electron chi connectivity index (χ4n) is 2.49. The Morgan fingerprint density at radius 2 is 1.15 bits per heavy atom. The van der Waals surface area contributed by atoms with Crippen molar-refractivity contribution >= 4 is 0 Å². The molecule has 0 saturated heterocycles. The lowest BCUT2D eigenvalue weighted by Crippen LogP contribution is -2.09. The highest BCUT2D eigenvalue weighted by atomic mass is 16.7. The van der Waals surface area contributed by atoms with Crippen LogP contribution in [0.4, 0.5) is 0 Å². The molecule has 0 atom stereocenters. The van der Waals surface area contributed by atoms with E-state index in [-0.39, 0.29) is 13.6 Å². The van der Waals surface area contributed by atoms with Gasteiger partial charge in [0.2, 0.25) is 0 Å². The van der Waals surface area contributed by atoms with Crippen LogP contribution >= 0.6 is 0 Å². The first kappa shape index (κ1) is 20.4. The summed E-state index contributed by atoms with van der Waals surface area (Å²) in [6.07, 6.45) is 5.23. The maximum Gasteiger partial charge on any atom is 0.192 e. The molecular formula is C22H26O5. The van der Waals surface area contributed by atoms with Gasteiger partial charge in [-0.3, -0.25) is 0 Å². The summed E-state index contributed by atoms with van der Waals surface area (Å²) in [6, 6.07) is 11.5. The zero-order chi connectivity index (χ0) is 19.5. The van der Waals surface area contributed by atoms with Crippen molar-refractivity contribution in [2.24, 2.45) is 0 Å². The molecule has 2 rings (SSSR count). The summed E-state index contributed by atoms with van der Waals surface area (Å²) in [7, 11) is 3.21. The molecule has 0 N–H and O–H groups in total. The molecule has 0 amide bonds. The van der Waals surface area contributed by atoms with Crippen LogP contribution in [0.1, 0.15) is 11.1 Å². The lowest BCUT2D eigenvalue weighted by atomic mass is 10.1. The summed E-state index contributed by atoms with van der Waals surface area (Å²) < 4.78 is 27.3. The van der Waals surface area contributed by atoms with Crippen molar-refractivity contribution in [1.29, 1.82) is 0 Å². The monoisotopic (exact) mass is 370 g/mol. The van der Waals surface area contributed by atoms with Crippen molar-refractivity contribution in [2.45, 2.75) is 12.8 Å². The standard InChI is InChI=1S/C22H26O5/c1-5-7-17-9-11-19(21(13-17)23-3)26-15-25-16-27-20-12-10-18(8-6-2)14-22(20)24-4/h5-6,9-14H,1-2,7-8,15-16H2,3-4H3. The molecule has 0 aliphatic heterocycles. The van der Waals surface area contributed by atoms with E-state index in [1.807, 2.05) is 48.6 Å². The van der Waals surface area contributed by atoms with Gasteiger partial charge in [0.05, 0.1) is 14.2 Å². The third kappa shape index (κ3) is 6.08. The number of benzene rings is 2. The Kier molecular flexibility index (Phi) is 8.26. The molecule has 0 saturated carbocycles. The molecule has 0 fully saturated rings. The predicted octanol–water partition coefficient (Wildman–Crippen LogP) is 4.55. The summed E-state index contributed by atoms with van der Waals surface area (Å²) in [5, 5.41) is 0. The van der Waals surface area contributed by atoms with Crippen LogP contribution in [0.5, 0.6) is 23.0 Å². The van der Waals surface area contributed by atoms with Crippen LogP contribution in [0.15, 0.2) is 61.7 Å². The Labute approximate surface area is 160 Å². The summed E-state index contributed by atoms with van der Waals surface area (Å²) in [6.45, 7) is 7.54. The number of allylic oxidation sites excluding steroid dienone is 2. The first-order chi connectivity index (χ1) is 13.2. The Morgan fingerprint density at radius 3 is 1.52 bits per heavy atom. The molecule has 0 unspecified atom stereocenters. The molecule has 0 aliphatic carbocycles. The molecule has 27 heavy (non-hydrogen) atoms. The van der Waals surface area contributed by atoms with Crippen LogP contribution in [0.2, 0.25) is 0 Å². The summed E-state index contributed by atoms with van der Waals surface area (Å²) in [4.78, 5) is 0. The zero-order valence-corrected chi connectivity index (χ0v) is 15.9. The third-order valence-electron chi connectivity index (χ3n) is 3.81. The van der Waals surface area contributed by atoms with Gasteiger partial charge in [0, 0.05) is 0 Å². The highest BCUT2D eigenvalue weighted by Gasteiger charge is 2.07. The van der Waals surface area contributed by atoms with Gasteiger partial charge in [-0.15, -0.1) is 13.2 Å². The minimum absolute atomic E-state index is 0.0357. The van der Waals surface area contributed by atoms with Gasteiger partial charge in [0.1, 0.15) is 0 Å². The van der Waals surface area contributed by atoms with Gasteiger partial charge in [-0.05, 0) is 48.2 Å². The number of hydrogen-bond donors (Lipinski definition) is 0. The van der Waals surface area contributed by atoms with E-state index < -0.39 is 0 Å². The van der Waals surface area contributed by atoms with Gasteiger partial charge in [0.15, 0.2) is 36.6 Å². The van der Waals surface area contributed by atoms with Crippen LogP contribution in [0.3, 0.4) is 0 Å². The average molecular weight is 370 g/mol. The van der Waals surface area contributed by atoms with E-state index in [9.17, 15) is 0 Å². The Balaban J connectivity index is 1.84. The molecular weight excluding hydrogens is 344 g/mol. The van der Waals surface area contributed by atoms with Crippen LogP contribution in [-0.4, -0.2) is 27.8 Å². The fourth-order valence-corrected chi connectivity index (χ4v) is 2.49. The molecule has 0 aliphatic rings. The molecule has 5 nitrogen and oxygen atoms in total. The van der Waals surface area contributed by atoms with Crippen molar-refractivity contribution < 1.29 is 23.7 Å². The highest BCUT2D eigenvalue weighted by molar-refractivity contribution is 5.44. The number of methoxy groups -OCH3 is 2. The number of hydrogen-bond acceptors (Lipinski definition) is 5. The fraction of sp³-hybridized carbons (Fsp3) is 0.273. The quantitative estimate of drug-likeness (QED) is 0.312. The molecule has 2 aromatic rings. The van der Waals surface area contributed by atoms with Crippen molar-refractivity contribution in [1.82, 2.24) is 0 Å². The van der Waals surface area contributed by atoms with Gasteiger partial charge in [-0.2, -0.15) is 0 Å². The highest BCUT2D eigenvalue weighted by Crippen LogP contribution is 2.29. The Morgan fingerprint density at radius 1 is 0.704 bits per heavy atom. The summed E-state index contributed by atoms with van der Waals surface area (Å²) >= 11 is 0. The van der Waals surface area contributed by atoms with Crippen molar-refractivity contribution in [3.8, 4) is 23.0 Å². The SMILES string of the molecule is C=CCc1ccc(OCOCOc2ccc(CC=C)cc2OC)c(OC)c1. The molecule has 5 heteroatoms. The topological polar surface area (TPSA) is 46.2 Å². The van der Waals surface area contributed by atoms with Crippen molar-refractivity contribution in [2.75, 3.05) is 27.8 Å². The molecule has 0 heterocycles. The van der Waals surface area contributed by atoms with E-state index in [0.717, 1.165) is 24.0 Å². The van der Waals surface area contributed by atoms with Gasteiger partial charge < -0.3 is 23.7 Å². The lowest BCUT2D eigenvalue weighted by molar-refractivity contribution is -0.0550. The van der Waals surface area contributed by atoms with E-state index in [0.29, 0.717) is 23.0 Å². The summed E-state index contributed by atoms with van der Waals surface area (Å²) in [5.41, 5.74) is 2.20. The first-order valence-electron chi connectivity index (χ1n) is 8.60. The molecule has 0 radical (unpaired) electrons. The van der Waals surface area contributed by atoms with E-state index in [2.05, 4.69) is 13.2 Å². The van der Waals surface area contributed by atoms with Gasteiger partial charge in [0.25, 0.3) is 0 Å². The Bertz CT molecular complexity index is 691. The molecule has 0 bridgehead atoms. The minimum Gasteiger partial charge on any atom is -0.493 e. The summed E-state index contributed by atoms with van der Waals surface area (Å²) in [5.74, 6) is 2.52. The van der Waals surface area contributed by atoms with Gasteiger partial charge in [-0.25, -0.2) is 0 Å². The van der Waals surface area contributed by atoms with E-state index in [1.165, 1.54) is 0 Å². The van der Waals surface area contributed by atoms with Gasteiger partial charge >= 0.3 is 0 Å². The maximum absolute atomic E-state index is 5.61. The third-order valence-corrected chi connectivity index (χ3v) is 3.81. The van der Waals surface area contributed by atoms with Crippen LogP contribution in [-0.2, 0) is 17.6 Å². The average Bonchev–Trinajstić information content (AvgIpc) is 2.69. The molecule has 0 aromatic heterocycles. The van der Waals surface area contributed by atoms with Gasteiger partial charge in [-0.1, -0.05) is 24.3 Å². The molecule has 0 spiro atoms. The van der Waals surface area contributed by atoms with E-state index in [4.69, 9.17) is 23.7 Å². The van der Waals surface area contributed by atoms with Crippen molar-refractivity contribution in [3.63, 3.8) is 0 Å². The zero-order valence-electron chi connectivity index (χ0n) is 15.9. The van der Waals surface area contributed by atoms with Crippen LogP contribution in [0.25, 0.3) is 0 Å². The van der Waals surface area contributed by atoms with E-state index in [1.54, 1.807) is 14.2 Å². The van der Waals surface area contributed by atoms with Crippen LogP contribution < -0.4 is 18.9 Å². The number of ether oxygens (including phenoxy) is 5. The maximum atomic E-state index is 5.61. The normalized spacial score (nSPS) is 10.1. The number of rotatable bonds is 12. The minimum atomic E-state index is 0.0357.